The van der Waals surface area contributed by atoms with Crippen LogP contribution in [0.25, 0.3) is 0 Å². The quantitative estimate of drug-likeness (QED) is 0.798. The zero-order valence-corrected chi connectivity index (χ0v) is 9.71. The number of fused-ring (bicyclic) bond motifs is 1. The van der Waals surface area contributed by atoms with Gasteiger partial charge in [-0.3, -0.25) is 0 Å². The van der Waals surface area contributed by atoms with Gasteiger partial charge in [-0.25, -0.2) is 4.39 Å². The molecule has 3 atom stereocenters. The molecule has 19 heavy (non-hydrogen) atoms. The number of ether oxygens (including phenoxy) is 1. The van der Waals surface area contributed by atoms with Gasteiger partial charge in [0.15, 0.2) is 6.10 Å². The summed E-state index contributed by atoms with van der Waals surface area (Å²) in [6.07, 6.45) is -6.44. The first-order chi connectivity index (χ1) is 8.95. The Morgan fingerprint density at radius 1 is 1.26 bits per heavy atom. The molecule has 3 rings (SSSR count). The fourth-order valence-electron chi connectivity index (χ4n) is 2.78. The summed E-state index contributed by atoms with van der Waals surface area (Å²) in [6, 6.07) is 5.72. The summed E-state index contributed by atoms with van der Waals surface area (Å²) in [6.45, 7) is -0.443. The SMILES string of the molecule is Fc1ccccc1C12CO[C@H](C(F)(F)F)C1CON2. The van der Waals surface area contributed by atoms with E-state index in [4.69, 9.17) is 9.57 Å². The van der Waals surface area contributed by atoms with Crippen molar-refractivity contribution in [2.45, 2.75) is 17.8 Å². The maximum Gasteiger partial charge on any atom is 0.415 e. The lowest BCUT2D eigenvalue weighted by Crippen LogP contribution is -2.45. The third-order valence-electron chi connectivity index (χ3n) is 3.68. The Balaban J connectivity index is 2.03. The minimum absolute atomic E-state index is 0.143. The first kappa shape index (κ1) is 12.8. The van der Waals surface area contributed by atoms with Crippen LogP contribution in [0.1, 0.15) is 5.56 Å². The Morgan fingerprint density at radius 2 is 2.00 bits per heavy atom. The topological polar surface area (TPSA) is 30.5 Å². The van der Waals surface area contributed by atoms with E-state index in [-0.39, 0.29) is 18.8 Å². The molecule has 0 spiro atoms. The summed E-state index contributed by atoms with van der Waals surface area (Å²) in [7, 11) is 0. The average Bonchev–Trinajstić information content (AvgIpc) is 2.86. The van der Waals surface area contributed by atoms with E-state index in [0.29, 0.717) is 0 Å². The normalized spacial score (nSPS) is 34.5. The van der Waals surface area contributed by atoms with Gasteiger partial charge in [0.25, 0.3) is 0 Å². The zero-order valence-electron chi connectivity index (χ0n) is 9.71. The lowest BCUT2D eigenvalue weighted by molar-refractivity contribution is -0.219. The van der Waals surface area contributed by atoms with Crippen molar-refractivity contribution in [1.29, 1.82) is 0 Å². The first-order valence-corrected chi connectivity index (χ1v) is 5.77. The number of hydrogen-bond donors (Lipinski definition) is 1. The molecule has 104 valence electrons. The number of benzene rings is 1. The Bertz CT molecular complexity index is 493. The number of hydroxylamine groups is 1. The second-order valence-electron chi connectivity index (χ2n) is 4.74. The Morgan fingerprint density at radius 3 is 2.68 bits per heavy atom. The molecule has 1 aromatic carbocycles. The van der Waals surface area contributed by atoms with Gasteiger partial charge in [-0.2, -0.15) is 18.7 Å². The van der Waals surface area contributed by atoms with Crippen LogP contribution in [0.3, 0.4) is 0 Å². The maximum atomic E-state index is 13.9. The van der Waals surface area contributed by atoms with Crippen LogP contribution in [0.5, 0.6) is 0 Å². The number of halogens is 4. The molecule has 0 bridgehead atoms. The van der Waals surface area contributed by atoms with Crippen LogP contribution < -0.4 is 5.48 Å². The minimum atomic E-state index is -4.49. The molecular formula is C12H11F4NO2. The first-order valence-electron chi connectivity index (χ1n) is 5.77. The van der Waals surface area contributed by atoms with Gasteiger partial charge >= 0.3 is 6.18 Å². The van der Waals surface area contributed by atoms with Crippen LogP contribution in [0.2, 0.25) is 0 Å². The molecule has 0 aliphatic carbocycles. The molecule has 1 N–H and O–H groups in total. The van der Waals surface area contributed by atoms with Gasteiger partial charge < -0.3 is 9.57 Å². The molecule has 2 aliphatic rings. The summed E-state index contributed by atoms with van der Waals surface area (Å²) in [4.78, 5) is 4.95. The number of rotatable bonds is 1. The van der Waals surface area contributed by atoms with E-state index >= 15 is 0 Å². The second kappa shape index (κ2) is 4.16. The molecular weight excluding hydrogens is 266 g/mol. The highest BCUT2D eigenvalue weighted by molar-refractivity contribution is 5.30. The molecule has 2 heterocycles. The van der Waals surface area contributed by atoms with Crippen LogP contribution >= 0.6 is 0 Å². The molecule has 0 amide bonds. The molecule has 3 nitrogen and oxygen atoms in total. The van der Waals surface area contributed by atoms with Crippen molar-refractivity contribution in [2.24, 2.45) is 5.92 Å². The third-order valence-corrected chi connectivity index (χ3v) is 3.68. The molecule has 2 unspecified atom stereocenters. The van der Waals surface area contributed by atoms with Crippen LogP contribution in [-0.4, -0.2) is 25.5 Å². The molecule has 2 saturated heterocycles. The standard InChI is InChI=1S/C12H11F4NO2/c13-9-4-2-1-3-7(9)11-6-18-10(12(14,15)16)8(11)5-19-17-11/h1-4,8,10,17H,5-6H2/t8?,10-,11?/m0/s1. The van der Waals surface area contributed by atoms with E-state index in [1.807, 2.05) is 0 Å². The fourth-order valence-corrected chi connectivity index (χ4v) is 2.78. The van der Waals surface area contributed by atoms with Crippen molar-refractivity contribution in [3.63, 3.8) is 0 Å². The lowest BCUT2D eigenvalue weighted by atomic mass is 9.79. The van der Waals surface area contributed by atoms with E-state index in [0.717, 1.165) is 0 Å². The highest BCUT2D eigenvalue weighted by Gasteiger charge is 2.63. The van der Waals surface area contributed by atoms with Gasteiger partial charge in [0, 0.05) is 11.5 Å². The van der Waals surface area contributed by atoms with E-state index in [9.17, 15) is 17.6 Å². The second-order valence-corrected chi connectivity index (χ2v) is 4.74. The number of hydrogen-bond acceptors (Lipinski definition) is 3. The van der Waals surface area contributed by atoms with E-state index < -0.39 is 29.6 Å². The predicted octanol–water partition coefficient (Wildman–Crippen LogP) is 2.13. The summed E-state index contributed by atoms with van der Waals surface area (Å²) in [5.41, 5.74) is 1.40. The number of alkyl halides is 3. The molecule has 0 aromatic heterocycles. The van der Waals surface area contributed by atoms with Gasteiger partial charge in [-0.1, -0.05) is 18.2 Å². The van der Waals surface area contributed by atoms with E-state index in [2.05, 4.69) is 5.48 Å². The summed E-state index contributed by atoms with van der Waals surface area (Å²) in [5, 5.41) is 0. The van der Waals surface area contributed by atoms with Crippen molar-refractivity contribution < 1.29 is 27.1 Å². The van der Waals surface area contributed by atoms with Crippen molar-refractivity contribution in [2.75, 3.05) is 13.2 Å². The summed E-state index contributed by atoms with van der Waals surface area (Å²) >= 11 is 0. The van der Waals surface area contributed by atoms with Gasteiger partial charge in [0.05, 0.1) is 13.2 Å². The van der Waals surface area contributed by atoms with Gasteiger partial charge in [0.1, 0.15) is 11.4 Å². The van der Waals surface area contributed by atoms with Crippen LogP contribution in [0.15, 0.2) is 24.3 Å². The number of nitrogens with one attached hydrogen (secondary N) is 1. The Kier molecular flexibility index (Phi) is 2.81. The lowest BCUT2D eigenvalue weighted by Gasteiger charge is -2.28. The summed E-state index contributed by atoms with van der Waals surface area (Å²) in [5.74, 6) is -1.57. The molecule has 2 aliphatic heterocycles. The average molecular weight is 277 g/mol. The van der Waals surface area contributed by atoms with Crippen LogP contribution in [-0.2, 0) is 15.1 Å². The van der Waals surface area contributed by atoms with Crippen molar-refractivity contribution >= 4 is 0 Å². The van der Waals surface area contributed by atoms with Crippen molar-refractivity contribution in [3.05, 3.63) is 35.6 Å². The van der Waals surface area contributed by atoms with Gasteiger partial charge in [-0.15, -0.1) is 0 Å². The minimum Gasteiger partial charge on any atom is -0.366 e. The molecule has 2 fully saturated rings. The zero-order chi connectivity index (χ0) is 13.7. The molecule has 7 heteroatoms. The molecule has 0 saturated carbocycles. The van der Waals surface area contributed by atoms with Crippen molar-refractivity contribution in [3.8, 4) is 0 Å². The van der Waals surface area contributed by atoms with Gasteiger partial charge in [0.2, 0.25) is 0 Å². The smallest absolute Gasteiger partial charge is 0.366 e. The molecule has 1 aromatic rings. The highest BCUT2D eigenvalue weighted by atomic mass is 19.4. The van der Waals surface area contributed by atoms with Crippen LogP contribution in [0, 0.1) is 11.7 Å². The Labute approximate surface area is 106 Å². The van der Waals surface area contributed by atoms with Crippen molar-refractivity contribution in [1.82, 2.24) is 5.48 Å². The van der Waals surface area contributed by atoms with E-state index in [1.54, 1.807) is 6.07 Å². The monoisotopic (exact) mass is 277 g/mol. The summed E-state index contributed by atoms with van der Waals surface area (Å²) < 4.78 is 57.4. The fraction of sp³-hybridized carbons (Fsp3) is 0.500. The molecule has 0 radical (unpaired) electrons. The largest absolute Gasteiger partial charge is 0.415 e. The van der Waals surface area contributed by atoms with E-state index in [1.165, 1.54) is 18.2 Å². The highest BCUT2D eigenvalue weighted by Crippen LogP contribution is 2.48. The van der Waals surface area contributed by atoms with Crippen LogP contribution in [0.4, 0.5) is 17.6 Å². The van der Waals surface area contributed by atoms with Gasteiger partial charge in [-0.05, 0) is 6.07 Å². The predicted molar refractivity (Wildman–Crippen MR) is 56.5 cm³/mol. The Hall–Kier alpha value is -1.18. The maximum absolute atomic E-state index is 13.9. The third kappa shape index (κ3) is 1.84.